The summed E-state index contributed by atoms with van der Waals surface area (Å²) >= 11 is 1.52. The number of pyridine rings is 2. The van der Waals surface area contributed by atoms with E-state index in [1.54, 1.807) is 24.4 Å². The van der Waals surface area contributed by atoms with Gasteiger partial charge in [0.05, 0.1) is 28.1 Å². The molecule has 0 radical (unpaired) electrons. The minimum atomic E-state index is -0.533. The molecule has 168 valence electrons. The highest BCUT2D eigenvalue weighted by atomic mass is 32.1. The van der Waals surface area contributed by atoms with Gasteiger partial charge in [0.25, 0.3) is 0 Å². The third-order valence-electron chi connectivity index (χ3n) is 5.83. The molecule has 5 aromatic rings. The summed E-state index contributed by atoms with van der Waals surface area (Å²) < 4.78 is 20.2. The van der Waals surface area contributed by atoms with Crippen molar-refractivity contribution >= 4 is 26.7 Å². The second-order valence-corrected chi connectivity index (χ2v) is 9.12. The third kappa shape index (κ3) is 3.98. The largest absolute Gasteiger partial charge is 0.457 e. The molecule has 6 rings (SSSR count). The van der Waals surface area contributed by atoms with E-state index in [0.717, 1.165) is 26.5 Å². The number of aliphatic hydroxyl groups is 1. The Kier molecular flexibility index (Phi) is 5.16. The molecule has 8 heteroatoms. The summed E-state index contributed by atoms with van der Waals surface area (Å²) in [5.41, 5.74) is 4.48. The molecule has 3 aromatic heterocycles. The van der Waals surface area contributed by atoms with Gasteiger partial charge in [-0.25, -0.2) is 9.97 Å². The van der Waals surface area contributed by atoms with Crippen molar-refractivity contribution in [2.24, 2.45) is 0 Å². The number of nitrogens with zero attached hydrogens (tertiary/aromatic N) is 3. The van der Waals surface area contributed by atoms with Crippen LogP contribution in [0, 0.1) is 5.95 Å². The fourth-order valence-electron chi connectivity index (χ4n) is 4.21. The predicted molar refractivity (Wildman–Crippen MR) is 130 cm³/mol. The molecule has 6 nitrogen and oxygen atoms in total. The van der Waals surface area contributed by atoms with Gasteiger partial charge in [-0.05, 0) is 41.5 Å². The molecule has 34 heavy (non-hydrogen) atoms. The van der Waals surface area contributed by atoms with Crippen LogP contribution in [-0.4, -0.2) is 26.2 Å². The fraction of sp³-hybridized carbons (Fsp3) is 0.115. The number of nitrogens with one attached hydrogen (secondary N) is 1. The third-order valence-corrected chi connectivity index (χ3v) is 6.78. The van der Waals surface area contributed by atoms with E-state index in [0.29, 0.717) is 29.2 Å². The van der Waals surface area contributed by atoms with Gasteiger partial charge < -0.3 is 15.2 Å². The molecule has 3 heterocycles. The molecular weight excluding hydrogens is 451 g/mol. The average molecular weight is 471 g/mol. The summed E-state index contributed by atoms with van der Waals surface area (Å²) in [6.07, 6.45) is 3.24. The molecule has 0 bridgehead atoms. The first-order valence-electron chi connectivity index (χ1n) is 10.8. The highest BCUT2D eigenvalue weighted by Crippen LogP contribution is 2.37. The van der Waals surface area contributed by atoms with Crippen molar-refractivity contribution in [3.63, 3.8) is 0 Å². The molecule has 0 unspecified atom stereocenters. The number of aliphatic hydroxyl groups excluding tert-OH is 1. The average Bonchev–Trinajstić information content (AvgIpc) is 3.39. The molecule has 2 aromatic carbocycles. The minimum absolute atomic E-state index is 0.177. The van der Waals surface area contributed by atoms with Gasteiger partial charge in [-0.15, -0.1) is 0 Å². The quantitative estimate of drug-likeness (QED) is 0.318. The summed E-state index contributed by atoms with van der Waals surface area (Å²) in [6, 6.07) is 20.1. The Balaban J connectivity index is 1.23. The molecule has 2 atom stereocenters. The van der Waals surface area contributed by atoms with Crippen LogP contribution in [0.3, 0.4) is 0 Å². The van der Waals surface area contributed by atoms with Crippen LogP contribution in [-0.2, 0) is 6.42 Å². The number of hydrogen-bond acceptors (Lipinski definition) is 7. The lowest BCUT2D eigenvalue weighted by Crippen LogP contribution is -2.20. The Labute approximate surface area is 198 Å². The second kappa shape index (κ2) is 8.48. The molecule has 2 N–H and O–H groups in total. The molecule has 0 aliphatic heterocycles. The minimum Gasteiger partial charge on any atom is -0.457 e. The van der Waals surface area contributed by atoms with Crippen LogP contribution >= 0.6 is 11.3 Å². The smallest absolute Gasteiger partial charge is 0.212 e. The number of ether oxygens (including phenoxy) is 1. The van der Waals surface area contributed by atoms with E-state index in [9.17, 15) is 9.50 Å². The summed E-state index contributed by atoms with van der Waals surface area (Å²) in [6.45, 7) is 0. The molecule has 0 saturated carbocycles. The lowest BCUT2D eigenvalue weighted by molar-refractivity contribution is 0.166. The van der Waals surface area contributed by atoms with Crippen LogP contribution in [0.4, 0.5) is 9.52 Å². The molecule has 0 amide bonds. The Hall–Kier alpha value is -3.88. The summed E-state index contributed by atoms with van der Waals surface area (Å²) in [5, 5.41) is 14.7. The van der Waals surface area contributed by atoms with Crippen molar-refractivity contribution in [1.82, 2.24) is 15.0 Å². The van der Waals surface area contributed by atoms with E-state index in [1.165, 1.54) is 23.6 Å². The lowest BCUT2D eigenvalue weighted by Gasteiger charge is -2.16. The Morgan fingerprint density at radius 1 is 1.00 bits per heavy atom. The van der Waals surface area contributed by atoms with Gasteiger partial charge in [-0.2, -0.15) is 4.39 Å². The van der Waals surface area contributed by atoms with Crippen molar-refractivity contribution in [3.05, 3.63) is 96.2 Å². The number of aromatic nitrogens is 3. The van der Waals surface area contributed by atoms with Crippen molar-refractivity contribution in [3.8, 4) is 22.8 Å². The number of fused-ring (bicyclic) bond motifs is 2. The normalized spacial score (nSPS) is 17.0. The molecule has 1 aliphatic carbocycles. The van der Waals surface area contributed by atoms with Crippen molar-refractivity contribution in [2.75, 3.05) is 5.32 Å². The number of rotatable bonds is 5. The lowest BCUT2D eigenvalue weighted by atomic mass is 10.1. The van der Waals surface area contributed by atoms with E-state index < -0.39 is 12.1 Å². The standard InChI is InChI=1S/C26H19FN4O2S/c27-24-8-5-16(14-29-24)21-12-18(9-10-28-21)33-17-6-7-20-23(13-17)34-26(30-20)31-25-19-4-2-1-3-15(19)11-22(25)32/h1-10,12-14,22,25,32H,11H2,(H,30,31)/t22-,25+/m0/s1. The Bertz CT molecular complexity index is 1490. The van der Waals surface area contributed by atoms with E-state index in [4.69, 9.17) is 4.74 Å². The summed E-state index contributed by atoms with van der Waals surface area (Å²) in [5.74, 6) is 0.750. The first-order chi connectivity index (χ1) is 16.6. The van der Waals surface area contributed by atoms with E-state index in [2.05, 4.69) is 26.3 Å². The van der Waals surface area contributed by atoms with Crippen LogP contribution in [0.15, 0.2) is 79.1 Å². The molecule has 0 spiro atoms. The Morgan fingerprint density at radius 2 is 1.88 bits per heavy atom. The van der Waals surface area contributed by atoms with Gasteiger partial charge in [0, 0.05) is 36.5 Å². The zero-order valence-electron chi connectivity index (χ0n) is 17.9. The monoisotopic (exact) mass is 470 g/mol. The number of hydrogen-bond donors (Lipinski definition) is 2. The van der Waals surface area contributed by atoms with Gasteiger partial charge >= 0.3 is 0 Å². The maximum Gasteiger partial charge on any atom is 0.212 e. The van der Waals surface area contributed by atoms with Crippen LogP contribution in [0.5, 0.6) is 11.5 Å². The number of anilines is 1. The fourth-order valence-corrected chi connectivity index (χ4v) is 5.14. The maximum absolute atomic E-state index is 13.1. The first-order valence-corrected chi connectivity index (χ1v) is 11.6. The summed E-state index contributed by atoms with van der Waals surface area (Å²) in [7, 11) is 0. The molecule has 0 saturated heterocycles. The highest BCUT2D eigenvalue weighted by molar-refractivity contribution is 7.22. The van der Waals surface area contributed by atoms with Gasteiger partial charge in [-0.1, -0.05) is 35.6 Å². The van der Waals surface area contributed by atoms with Crippen LogP contribution in [0.25, 0.3) is 21.5 Å². The second-order valence-electron chi connectivity index (χ2n) is 8.09. The van der Waals surface area contributed by atoms with Crippen LogP contribution in [0.2, 0.25) is 0 Å². The van der Waals surface area contributed by atoms with Crippen LogP contribution < -0.4 is 10.1 Å². The van der Waals surface area contributed by atoms with E-state index in [-0.39, 0.29) is 6.04 Å². The van der Waals surface area contributed by atoms with Crippen molar-refractivity contribution in [2.45, 2.75) is 18.6 Å². The molecular formula is C26H19FN4O2S. The van der Waals surface area contributed by atoms with Crippen molar-refractivity contribution in [1.29, 1.82) is 0 Å². The molecule has 1 aliphatic rings. The maximum atomic E-state index is 13.1. The zero-order valence-corrected chi connectivity index (χ0v) is 18.7. The first kappa shape index (κ1) is 20.7. The number of thiazole rings is 1. The summed E-state index contributed by atoms with van der Waals surface area (Å²) in [4.78, 5) is 12.7. The van der Waals surface area contributed by atoms with Crippen molar-refractivity contribution < 1.29 is 14.2 Å². The number of benzene rings is 2. The zero-order chi connectivity index (χ0) is 23.1. The van der Waals surface area contributed by atoms with Crippen LogP contribution in [0.1, 0.15) is 17.2 Å². The van der Waals surface area contributed by atoms with E-state index >= 15 is 0 Å². The molecule has 0 fully saturated rings. The van der Waals surface area contributed by atoms with Gasteiger partial charge in [0.15, 0.2) is 5.13 Å². The highest BCUT2D eigenvalue weighted by Gasteiger charge is 2.31. The topological polar surface area (TPSA) is 80.2 Å². The predicted octanol–water partition coefficient (Wildman–Crippen LogP) is 5.75. The Morgan fingerprint density at radius 3 is 2.76 bits per heavy atom. The number of halogens is 1. The van der Waals surface area contributed by atoms with Gasteiger partial charge in [0.2, 0.25) is 5.95 Å². The van der Waals surface area contributed by atoms with Gasteiger partial charge in [-0.3, -0.25) is 4.98 Å². The SMILES string of the molecule is O[C@H]1Cc2ccccc2[C@H]1Nc1nc2ccc(Oc3ccnc(-c4ccc(F)nc4)c3)cc2s1. The van der Waals surface area contributed by atoms with Gasteiger partial charge in [0.1, 0.15) is 11.5 Å². The van der Waals surface area contributed by atoms with E-state index in [1.807, 2.05) is 36.4 Å².